The van der Waals surface area contributed by atoms with Crippen molar-refractivity contribution in [1.82, 2.24) is 0 Å². The summed E-state index contributed by atoms with van der Waals surface area (Å²) in [6, 6.07) is 0. The van der Waals surface area contributed by atoms with Crippen LogP contribution in [0.25, 0.3) is 0 Å². The van der Waals surface area contributed by atoms with E-state index in [9.17, 15) is 19.8 Å². The van der Waals surface area contributed by atoms with Crippen molar-refractivity contribution in [2.75, 3.05) is 0 Å². The fourth-order valence-corrected chi connectivity index (χ4v) is 15.0. The van der Waals surface area contributed by atoms with E-state index < -0.39 is 11.2 Å². The summed E-state index contributed by atoms with van der Waals surface area (Å²) in [5.74, 6) is 4.71. The topological polar surface area (TPSA) is 93.1 Å². The molecule has 1 radical (unpaired) electrons. The van der Waals surface area contributed by atoms with Crippen molar-refractivity contribution in [3.8, 4) is 0 Å². The molecule has 0 aliphatic heterocycles. The smallest absolute Gasteiger partial charge is 0.532 e. The molecule has 14 unspecified atom stereocenters. The van der Waals surface area contributed by atoms with Gasteiger partial charge in [-0.2, -0.15) is 0 Å². The summed E-state index contributed by atoms with van der Waals surface area (Å²) in [5.41, 5.74) is 0.474. The number of carbonyl (C=O) groups excluding carboxylic acids is 2. The average molecular weight is 674 g/mol. The Hall–Kier alpha value is -1.60. The van der Waals surface area contributed by atoms with E-state index in [-0.39, 0.29) is 33.2 Å². The third-order valence-corrected chi connectivity index (χ3v) is 18.5. The Kier molecular flexibility index (Phi) is 8.06. The molecule has 7 heteroatoms. The molecule has 8 fully saturated rings. The van der Waals surface area contributed by atoms with Crippen molar-refractivity contribution >= 4 is 19.3 Å². The first-order chi connectivity index (χ1) is 23.0. The van der Waals surface area contributed by atoms with Crippen molar-refractivity contribution in [1.29, 1.82) is 0 Å². The van der Waals surface area contributed by atoms with Crippen LogP contribution in [0.4, 0.5) is 0 Å². The van der Waals surface area contributed by atoms with Crippen LogP contribution in [0.15, 0.2) is 23.7 Å². The molecule has 14 atom stereocenters. The zero-order valence-electron chi connectivity index (χ0n) is 31.2. The lowest BCUT2D eigenvalue weighted by Crippen LogP contribution is -2.56. The Bertz CT molecular complexity index is 1340. The second kappa shape index (κ2) is 11.5. The molecule has 0 aromatic carbocycles. The van der Waals surface area contributed by atoms with E-state index in [0.29, 0.717) is 60.2 Å². The van der Waals surface area contributed by atoms with Crippen LogP contribution in [0.1, 0.15) is 144 Å². The van der Waals surface area contributed by atoms with Crippen LogP contribution in [-0.4, -0.2) is 40.7 Å². The second-order valence-electron chi connectivity index (χ2n) is 20.1. The molecule has 0 saturated heterocycles. The van der Waals surface area contributed by atoms with Gasteiger partial charge in [-0.05, 0) is 173 Å². The summed E-state index contributed by atoms with van der Waals surface area (Å²) in [7, 11) is 1.29. The highest BCUT2D eigenvalue weighted by atomic mass is 16.6. The van der Waals surface area contributed by atoms with Crippen LogP contribution in [-0.2, 0) is 18.9 Å². The predicted molar refractivity (Wildman–Crippen MR) is 190 cm³/mol. The van der Waals surface area contributed by atoms with Gasteiger partial charge in [0.1, 0.15) is 0 Å². The van der Waals surface area contributed by atoms with Gasteiger partial charge in [-0.1, -0.05) is 27.7 Å². The summed E-state index contributed by atoms with van der Waals surface area (Å²) in [6.07, 6.45) is 18.9. The molecule has 8 aliphatic rings. The number of fused-ring (bicyclic) bond motifs is 10. The normalized spacial score (nSPS) is 55.1. The lowest BCUT2D eigenvalue weighted by molar-refractivity contribution is -0.147. The maximum atomic E-state index is 13.3. The minimum atomic E-state index is -0.579. The van der Waals surface area contributed by atoms with Crippen molar-refractivity contribution in [3.63, 3.8) is 0 Å². The van der Waals surface area contributed by atoms with Crippen LogP contribution < -0.4 is 0 Å². The number of rotatable bonds is 4. The van der Waals surface area contributed by atoms with E-state index in [1.807, 2.05) is 0 Å². The number of hydrogen-bond acceptors (Lipinski definition) is 6. The summed E-state index contributed by atoms with van der Waals surface area (Å²) in [4.78, 5) is 26.7. The lowest BCUT2D eigenvalue weighted by atomic mass is 9.44. The highest BCUT2D eigenvalue weighted by Crippen LogP contribution is 2.70. The first-order valence-corrected chi connectivity index (χ1v) is 20.1. The number of ketones is 2. The summed E-state index contributed by atoms with van der Waals surface area (Å²) < 4.78 is 11.6. The second-order valence-corrected chi connectivity index (χ2v) is 20.1. The molecule has 8 saturated carbocycles. The van der Waals surface area contributed by atoms with E-state index in [2.05, 4.69) is 41.5 Å². The van der Waals surface area contributed by atoms with E-state index in [4.69, 9.17) is 9.31 Å². The first-order valence-electron chi connectivity index (χ1n) is 20.1. The van der Waals surface area contributed by atoms with Gasteiger partial charge in [0.2, 0.25) is 0 Å². The number of allylic oxidation sites excluding steroid dienone is 2. The lowest BCUT2D eigenvalue weighted by Gasteiger charge is -2.61. The summed E-state index contributed by atoms with van der Waals surface area (Å²) >= 11 is 0. The Balaban J connectivity index is 0.912. The number of hydrogen-bond donors (Lipinski definition) is 2. The summed E-state index contributed by atoms with van der Waals surface area (Å²) in [5, 5.41) is 22.6. The van der Waals surface area contributed by atoms with Gasteiger partial charge in [0.15, 0.2) is 11.6 Å². The maximum Gasteiger partial charge on any atom is 0.657 e. The van der Waals surface area contributed by atoms with Gasteiger partial charge in [-0.25, -0.2) is 0 Å². The Morgan fingerprint density at radius 2 is 0.959 bits per heavy atom. The minimum Gasteiger partial charge on any atom is -0.532 e. The molecule has 269 valence electrons. The zero-order chi connectivity index (χ0) is 34.8. The van der Waals surface area contributed by atoms with Gasteiger partial charge in [0, 0.05) is 24.0 Å². The number of carbonyl (C=O) groups is 2. The quantitative estimate of drug-likeness (QED) is 0.135. The highest BCUT2D eigenvalue weighted by Gasteiger charge is 2.65. The Morgan fingerprint density at radius 3 is 1.37 bits per heavy atom. The van der Waals surface area contributed by atoms with Crippen molar-refractivity contribution in [3.05, 3.63) is 23.7 Å². The molecule has 2 N–H and O–H groups in total. The molecule has 0 spiro atoms. The Morgan fingerprint density at radius 1 is 0.571 bits per heavy atom. The zero-order valence-corrected chi connectivity index (χ0v) is 31.2. The molecule has 0 heterocycles. The van der Waals surface area contributed by atoms with Gasteiger partial charge in [-0.15, -0.1) is 0 Å². The molecule has 49 heavy (non-hydrogen) atoms. The van der Waals surface area contributed by atoms with Gasteiger partial charge in [0.25, 0.3) is 0 Å². The molecular weight excluding hydrogens is 611 g/mol. The van der Waals surface area contributed by atoms with E-state index >= 15 is 0 Å². The molecule has 6 nitrogen and oxygen atoms in total. The van der Waals surface area contributed by atoms with E-state index in [1.165, 1.54) is 20.5 Å². The standard InChI is InChI=1S/C42H62BO6/c1-37-21-25(35(44)19-27(37)7-9-29-31(37)11-15-39(3)33(29)13-17-41(39,5)46)23-48-43-49-24-26-22-38(2)28(20-36(26)45)8-10-30-32(38)12-16-40(4)34(30)14-18-42(40,6)47/h23-24,27-34,46-47H,7-22H2,1-6H3/b25-23-,26-24-. The Labute approximate surface area is 295 Å². The third kappa shape index (κ3) is 4.92. The maximum absolute atomic E-state index is 13.3. The monoisotopic (exact) mass is 673 g/mol. The molecule has 0 aromatic rings. The number of Topliss-reactive ketones (excluding diaryl/α,β-unsaturated/α-hetero) is 2. The molecule has 8 aliphatic carbocycles. The van der Waals surface area contributed by atoms with Crippen LogP contribution in [0.5, 0.6) is 0 Å². The number of aliphatic hydroxyl groups is 2. The van der Waals surface area contributed by atoms with Crippen molar-refractivity contribution < 1.29 is 29.1 Å². The molecule has 8 rings (SSSR count). The van der Waals surface area contributed by atoms with Crippen LogP contribution >= 0.6 is 0 Å². The highest BCUT2D eigenvalue weighted by molar-refractivity contribution is 6.19. The van der Waals surface area contributed by atoms with Gasteiger partial charge >= 0.3 is 7.69 Å². The van der Waals surface area contributed by atoms with E-state index in [0.717, 1.165) is 88.2 Å². The van der Waals surface area contributed by atoms with E-state index in [1.54, 1.807) is 12.5 Å². The minimum absolute atomic E-state index is 0.00296. The van der Waals surface area contributed by atoms with Gasteiger partial charge < -0.3 is 19.5 Å². The SMILES string of the molecule is CC12C/C(=C/O[B]O/C=C3/CC4(C)C(CCC5C4CCC4(C)C5CCC4(C)O)CC3=O)C(=O)CC1CCC1C2CCC2(C)C1CCC2(C)O. The van der Waals surface area contributed by atoms with Gasteiger partial charge in [-0.3, -0.25) is 9.59 Å². The predicted octanol–water partition coefficient (Wildman–Crippen LogP) is 8.27. The van der Waals surface area contributed by atoms with Crippen LogP contribution in [0, 0.1) is 69.0 Å². The molecule has 0 bridgehead atoms. The molecular formula is C42H62BO6. The summed E-state index contributed by atoms with van der Waals surface area (Å²) in [6.45, 7) is 13.6. The largest absolute Gasteiger partial charge is 0.657 e. The fourth-order valence-electron chi connectivity index (χ4n) is 15.0. The third-order valence-electron chi connectivity index (χ3n) is 18.5. The van der Waals surface area contributed by atoms with Crippen LogP contribution in [0.2, 0.25) is 0 Å². The molecule has 0 amide bonds. The van der Waals surface area contributed by atoms with Crippen molar-refractivity contribution in [2.24, 2.45) is 69.0 Å². The average Bonchev–Trinajstić information content (AvgIpc) is 3.44. The van der Waals surface area contributed by atoms with Crippen molar-refractivity contribution in [2.45, 2.75) is 155 Å². The van der Waals surface area contributed by atoms with Crippen LogP contribution in [0.3, 0.4) is 0 Å². The first kappa shape index (κ1) is 34.5. The fraction of sp³-hybridized carbons (Fsp3) is 0.857. The molecule has 0 aromatic heterocycles. The van der Waals surface area contributed by atoms with Gasteiger partial charge in [0.05, 0.1) is 23.7 Å².